The van der Waals surface area contributed by atoms with Gasteiger partial charge in [-0.1, -0.05) is 76.0 Å². The highest BCUT2D eigenvalue weighted by Crippen LogP contribution is 2.42. The van der Waals surface area contributed by atoms with Crippen LogP contribution < -0.4 is 0 Å². The summed E-state index contributed by atoms with van der Waals surface area (Å²) in [5, 5.41) is 32.7. The summed E-state index contributed by atoms with van der Waals surface area (Å²) in [6.07, 6.45) is -4.16. The number of benzene rings is 2. The molecular weight excluding hydrogens is 596 g/mol. The Labute approximate surface area is 264 Å². The standard InChI is InChI=1S/C30H36N10O6/c31-37-34-21-13-14-24(45-29(21)46-28-23(36-39-33)15-22(35-38-32)26(41)27(28)42)25(20-11-12-20)40(16-18-7-3-1-4-8-18)30(43)44-17-19-9-5-2-6-10-19/h1-10,20-29,41-42H,11-17H2/t21-,22+,23-,24-,25-,26-,27+,28+,29+/m0/s1. The molecule has 0 spiro atoms. The lowest BCUT2D eigenvalue weighted by Crippen LogP contribution is -2.59. The van der Waals surface area contributed by atoms with Crippen LogP contribution in [-0.4, -0.2) is 76.1 Å². The molecule has 3 aliphatic rings. The molecule has 1 saturated heterocycles. The molecule has 9 atom stereocenters. The summed E-state index contributed by atoms with van der Waals surface area (Å²) in [6, 6.07) is 15.7. The minimum absolute atomic E-state index is 0.0812. The zero-order valence-electron chi connectivity index (χ0n) is 25.0. The van der Waals surface area contributed by atoms with Crippen molar-refractivity contribution >= 4 is 6.09 Å². The molecule has 2 saturated carbocycles. The third kappa shape index (κ3) is 8.00. The van der Waals surface area contributed by atoms with E-state index in [-0.39, 0.29) is 25.5 Å². The van der Waals surface area contributed by atoms with Gasteiger partial charge in [-0.15, -0.1) is 0 Å². The molecule has 5 rings (SSSR count). The largest absolute Gasteiger partial charge is 0.445 e. The fourth-order valence-corrected chi connectivity index (χ4v) is 6.28. The minimum atomic E-state index is -1.60. The van der Waals surface area contributed by atoms with E-state index >= 15 is 0 Å². The van der Waals surface area contributed by atoms with Crippen molar-refractivity contribution in [2.24, 2.45) is 21.3 Å². The summed E-state index contributed by atoms with van der Waals surface area (Å²) in [6.45, 7) is 0.367. The highest BCUT2D eigenvalue weighted by Gasteiger charge is 2.49. The van der Waals surface area contributed by atoms with Gasteiger partial charge >= 0.3 is 6.09 Å². The molecular formula is C30H36N10O6. The van der Waals surface area contributed by atoms with Crippen molar-refractivity contribution in [1.82, 2.24) is 4.90 Å². The number of azide groups is 3. The van der Waals surface area contributed by atoms with E-state index in [9.17, 15) is 26.1 Å². The molecule has 0 radical (unpaired) electrons. The third-order valence-electron chi connectivity index (χ3n) is 8.69. The number of ether oxygens (including phenoxy) is 3. The first-order valence-electron chi connectivity index (χ1n) is 15.2. The highest BCUT2D eigenvalue weighted by atomic mass is 16.7. The zero-order chi connectivity index (χ0) is 32.5. The Hall–Kier alpha value is -4.52. The number of carbonyl (C=O) groups is 1. The first-order valence-corrected chi connectivity index (χ1v) is 15.2. The highest BCUT2D eigenvalue weighted by molar-refractivity contribution is 5.68. The number of aliphatic hydroxyl groups excluding tert-OH is 2. The fourth-order valence-electron chi connectivity index (χ4n) is 6.28. The molecule has 2 aliphatic carbocycles. The Morgan fingerprint density at radius 2 is 1.46 bits per heavy atom. The van der Waals surface area contributed by atoms with Crippen molar-refractivity contribution < 1.29 is 29.2 Å². The molecule has 3 fully saturated rings. The Morgan fingerprint density at radius 3 is 2.09 bits per heavy atom. The number of carbonyl (C=O) groups excluding carboxylic acids is 1. The van der Waals surface area contributed by atoms with E-state index in [0.29, 0.717) is 12.8 Å². The van der Waals surface area contributed by atoms with E-state index in [1.54, 1.807) is 4.90 Å². The van der Waals surface area contributed by atoms with Gasteiger partial charge in [0.15, 0.2) is 6.29 Å². The quantitative estimate of drug-likeness (QED) is 0.170. The summed E-state index contributed by atoms with van der Waals surface area (Å²) in [5.41, 5.74) is 29.1. The van der Waals surface area contributed by atoms with Gasteiger partial charge in [0.1, 0.15) is 12.7 Å². The molecule has 1 heterocycles. The van der Waals surface area contributed by atoms with Crippen molar-refractivity contribution in [2.75, 3.05) is 0 Å². The van der Waals surface area contributed by atoms with E-state index in [4.69, 9.17) is 19.7 Å². The predicted octanol–water partition coefficient (Wildman–Crippen LogP) is 5.66. The molecule has 16 nitrogen and oxygen atoms in total. The smallest absolute Gasteiger partial charge is 0.410 e. The molecule has 1 amide bonds. The molecule has 0 unspecified atom stereocenters. The van der Waals surface area contributed by atoms with Gasteiger partial charge in [-0.2, -0.15) is 0 Å². The summed E-state index contributed by atoms with van der Waals surface area (Å²) in [4.78, 5) is 24.0. The number of hydrogen-bond acceptors (Lipinski definition) is 9. The minimum Gasteiger partial charge on any atom is -0.445 e. The number of amides is 1. The van der Waals surface area contributed by atoms with E-state index < -0.39 is 61.0 Å². The van der Waals surface area contributed by atoms with Crippen LogP contribution in [0.2, 0.25) is 0 Å². The van der Waals surface area contributed by atoms with Crippen LogP contribution in [-0.2, 0) is 27.4 Å². The fraction of sp³-hybridized carbons (Fsp3) is 0.567. The van der Waals surface area contributed by atoms with Crippen molar-refractivity contribution in [1.29, 1.82) is 0 Å². The number of nitrogens with zero attached hydrogens (tertiary/aromatic N) is 10. The zero-order valence-corrected chi connectivity index (χ0v) is 25.0. The topological polar surface area (TPSA) is 235 Å². The van der Waals surface area contributed by atoms with Gasteiger partial charge in [-0.05, 0) is 65.7 Å². The van der Waals surface area contributed by atoms with Gasteiger partial charge in [0.25, 0.3) is 0 Å². The first-order chi connectivity index (χ1) is 22.4. The Bertz CT molecular complexity index is 1460. The van der Waals surface area contributed by atoms with Crippen LogP contribution in [0.1, 0.15) is 43.2 Å². The van der Waals surface area contributed by atoms with Crippen molar-refractivity contribution in [3.05, 3.63) is 103 Å². The summed E-state index contributed by atoms with van der Waals surface area (Å²) in [5.74, 6) is 0.122. The normalized spacial score (nSPS) is 29.6. The van der Waals surface area contributed by atoms with E-state index in [1.807, 2.05) is 60.7 Å². The lowest BCUT2D eigenvalue weighted by atomic mass is 9.84. The molecule has 242 valence electrons. The van der Waals surface area contributed by atoms with Crippen LogP contribution in [0.25, 0.3) is 31.3 Å². The first kappa shape index (κ1) is 32.9. The van der Waals surface area contributed by atoms with Crippen LogP contribution >= 0.6 is 0 Å². The molecule has 2 N–H and O–H groups in total. The summed E-state index contributed by atoms with van der Waals surface area (Å²) >= 11 is 0. The van der Waals surface area contributed by atoms with Gasteiger partial charge in [0, 0.05) is 21.3 Å². The molecule has 1 aliphatic heterocycles. The maximum Gasteiger partial charge on any atom is 0.410 e. The molecule has 0 bridgehead atoms. The number of aliphatic hydroxyl groups is 2. The van der Waals surface area contributed by atoms with Crippen LogP contribution in [0.3, 0.4) is 0 Å². The molecule has 2 aromatic rings. The average molecular weight is 633 g/mol. The van der Waals surface area contributed by atoms with Crippen molar-refractivity contribution in [3.8, 4) is 0 Å². The van der Waals surface area contributed by atoms with E-state index in [0.717, 1.165) is 24.0 Å². The molecule has 46 heavy (non-hydrogen) atoms. The van der Waals surface area contributed by atoms with Crippen LogP contribution in [0.15, 0.2) is 76.0 Å². The Balaban J connectivity index is 1.40. The maximum absolute atomic E-state index is 13.8. The Morgan fingerprint density at radius 1 is 0.848 bits per heavy atom. The van der Waals surface area contributed by atoms with Crippen LogP contribution in [0.4, 0.5) is 4.79 Å². The van der Waals surface area contributed by atoms with E-state index in [1.165, 1.54) is 0 Å². The van der Waals surface area contributed by atoms with Crippen molar-refractivity contribution in [2.45, 2.75) is 100 Å². The second-order valence-electron chi connectivity index (χ2n) is 11.7. The van der Waals surface area contributed by atoms with Gasteiger partial charge < -0.3 is 24.4 Å². The number of rotatable bonds is 12. The van der Waals surface area contributed by atoms with Crippen molar-refractivity contribution in [3.63, 3.8) is 0 Å². The third-order valence-corrected chi connectivity index (χ3v) is 8.69. The van der Waals surface area contributed by atoms with Crippen LogP contribution in [0.5, 0.6) is 0 Å². The number of hydrogen-bond donors (Lipinski definition) is 2. The molecule has 0 aromatic heterocycles. The van der Waals surface area contributed by atoms with Gasteiger partial charge in [-0.3, -0.25) is 4.90 Å². The Kier molecular flexibility index (Phi) is 11.2. The van der Waals surface area contributed by atoms with Crippen LogP contribution in [0, 0.1) is 5.92 Å². The molecule has 16 heteroatoms. The molecule has 2 aromatic carbocycles. The summed E-state index contributed by atoms with van der Waals surface area (Å²) in [7, 11) is 0. The lowest BCUT2D eigenvalue weighted by Gasteiger charge is -2.45. The SMILES string of the molecule is [N-]=[N+]=N[C@H]1CC[C@@H]([C@H](C2CC2)N(Cc2ccccc2)C(=O)OCc2ccccc2)O[C@@H]1O[C@H]1[C@H](O)[C@@H](O)[C@H](N=[N+]=[N-])C[C@@H]1N=[N+]=[N-]. The second-order valence-corrected chi connectivity index (χ2v) is 11.7. The average Bonchev–Trinajstić information content (AvgIpc) is 3.91. The monoisotopic (exact) mass is 632 g/mol. The maximum atomic E-state index is 13.8. The second kappa shape index (κ2) is 15.7. The summed E-state index contributed by atoms with van der Waals surface area (Å²) < 4.78 is 18.5. The van der Waals surface area contributed by atoms with E-state index in [2.05, 4.69) is 30.1 Å². The van der Waals surface area contributed by atoms with Gasteiger partial charge in [-0.25, -0.2) is 4.79 Å². The lowest BCUT2D eigenvalue weighted by molar-refractivity contribution is -0.261. The van der Waals surface area contributed by atoms with Gasteiger partial charge in [0.2, 0.25) is 0 Å². The van der Waals surface area contributed by atoms with Gasteiger partial charge in [0.05, 0.1) is 42.5 Å². The predicted molar refractivity (Wildman–Crippen MR) is 163 cm³/mol.